The molecule has 190 valence electrons. The number of halogens is 1. The van der Waals surface area contributed by atoms with Crippen molar-refractivity contribution in [1.82, 2.24) is 19.6 Å². The minimum atomic E-state index is -0.318. The SMILES string of the molecule is COCC(=O)N1CCCN(C)CCN(C(=O)c2cc(-c3ccc(F)cc3)n(C)n2)Cc2ccccc21. The summed E-state index contributed by atoms with van der Waals surface area (Å²) in [6.45, 7) is 2.89. The third kappa shape index (κ3) is 5.80. The van der Waals surface area contributed by atoms with Crippen LogP contribution in [0.2, 0.25) is 0 Å². The Morgan fingerprint density at radius 1 is 1.00 bits per heavy atom. The molecule has 1 aromatic heterocycles. The molecule has 4 rings (SSSR count). The molecule has 0 saturated carbocycles. The first kappa shape index (κ1) is 25.5. The molecule has 0 fully saturated rings. The lowest BCUT2D eigenvalue weighted by molar-refractivity contribution is -0.122. The average Bonchev–Trinajstić information content (AvgIpc) is 3.25. The van der Waals surface area contributed by atoms with Gasteiger partial charge in [-0.1, -0.05) is 18.2 Å². The number of para-hydroxylation sites is 1. The minimum absolute atomic E-state index is 0.00703. The third-order valence-corrected chi connectivity index (χ3v) is 6.41. The summed E-state index contributed by atoms with van der Waals surface area (Å²) in [5.41, 5.74) is 3.49. The summed E-state index contributed by atoms with van der Waals surface area (Å²) in [5, 5.41) is 4.48. The number of carbonyl (C=O) groups excluding carboxylic acids is 2. The Labute approximate surface area is 210 Å². The third-order valence-electron chi connectivity index (χ3n) is 6.41. The normalized spacial score (nSPS) is 15.3. The summed E-state index contributed by atoms with van der Waals surface area (Å²) in [5.74, 6) is -0.629. The number of aryl methyl sites for hydroxylation is 1. The minimum Gasteiger partial charge on any atom is -0.375 e. The topological polar surface area (TPSA) is 70.9 Å². The number of amides is 2. The number of hydrogen-bond donors (Lipinski definition) is 0. The molecule has 0 saturated heterocycles. The predicted molar refractivity (Wildman–Crippen MR) is 136 cm³/mol. The van der Waals surface area contributed by atoms with Crippen molar-refractivity contribution in [2.75, 3.05) is 51.8 Å². The van der Waals surface area contributed by atoms with Gasteiger partial charge in [0, 0.05) is 46.0 Å². The molecule has 36 heavy (non-hydrogen) atoms. The second kappa shape index (κ2) is 11.5. The Morgan fingerprint density at radius 3 is 2.50 bits per heavy atom. The fraction of sp³-hybridized carbons (Fsp3) is 0.370. The summed E-state index contributed by atoms with van der Waals surface area (Å²) in [6, 6.07) is 15.5. The molecule has 0 atom stereocenters. The molecule has 3 aromatic rings. The van der Waals surface area contributed by atoms with E-state index < -0.39 is 0 Å². The van der Waals surface area contributed by atoms with Crippen molar-refractivity contribution in [2.24, 2.45) is 7.05 Å². The number of benzene rings is 2. The smallest absolute Gasteiger partial charge is 0.274 e. The zero-order chi connectivity index (χ0) is 25.7. The fourth-order valence-corrected chi connectivity index (χ4v) is 4.47. The Bertz CT molecular complexity index is 1210. The molecule has 0 bridgehead atoms. The maximum Gasteiger partial charge on any atom is 0.274 e. The van der Waals surface area contributed by atoms with Crippen LogP contribution in [0.1, 0.15) is 22.5 Å². The van der Waals surface area contributed by atoms with E-state index in [1.165, 1.54) is 19.2 Å². The molecule has 1 aliphatic heterocycles. The van der Waals surface area contributed by atoms with Crippen molar-refractivity contribution in [1.29, 1.82) is 0 Å². The number of methoxy groups -OCH3 is 1. The van der Waals surface area contributed by atoms with E-state index in [1.807, 2.05) is 31.3 Å². The van der Waals surface area contributed by atoms with E-state index in [2.05, 4.69) is 10.00 Å². The second-order valence-electron chi connectivity index (χ2n) is 9.04. The van der Waals surface area contributed by atoms with E-state index in [0.717, 1.165) is 35.5 Å². The molecule has 0 N–H and O–H groups in total. The first-order valence-corrected chi connectivity index (χ1v) is 12.0. The van der Waals surface area contributed by atoms with E-state index in [-0.39, 0.29) is 24.2 Å². The summed E-state index contributed by atoms with van der Waals surface area (Å²) >= 11 is 0. The molecule has 0 unspecified atom stereocenters. The van der Waals surface area contributed by atoms with Gasteiger partial charge < -0.3 is 19.4 Å². The number of carbonyl (C=O) groups is 2. The molecule has 0 spiro atoms. The number of rotatable bonds is 4. The van der Waals surface area contributed by atoms with Crippen LogP contribution in [0.5, 0.6) is 0 Å². The van der Waals surface area contributed by atoms with Crippen LogP contribution < -0.4 is 4.90 Å². The second-order valence-corrected chi connectivity index (χ2v) is 9.04. The van der Waals surface area contributed by atoms with Gasteiger partial charge in [0.1, 0.15) is 12.4 Å². The summed E-state index contributed by atoms with van der Waals surface area (Å²) < 4.78 is 20.2. The maximum atomic E-state index is 13.7. The van der Waals surface area contributed by atoms with Gasteiger partial charge in [0.25, 0.3) is 11.8 Å². The first-order chi connectivity index (χ1) is 17.4. The molecule has 9 heteroatoms. The number of likely N-dealkylation sites (N-methyl/N-ethyl adjacent to an activating group) is 1. The lowest BCUT2D eigenvalue weighted by atomic mass is 10.1. The highest BCUT2D eigenvalue weighted by Crippen LogP contribution is 2.25. The van der Waals surface area contributed by atoms with Crippen molar-refractivity contribution >= 4 is 17.5 Å². The van der Waals surface area contributed by atoms with E-state index in [1.54, 1.807) is 39.7 Å². The summed E-state index contributed by atoms with van der Waals surface area (Å²) in [6.07, 6.45) is 0.801. The van der Waals surface area contributed by atoms with Crippen LogP contribution >= 0.6 is 0 Å². The van der Waals surface area contributed by atoms with Gasteiger partial charge in [-0.05, 0) is 67.5 Å². The van der Waals surface area contributed by atoms with Crippen molar-refractivity contribution < 1.29 is 18.7 Å². The van der Waals surface area contributed by atoms with Gasteiger partial charge in [0.05, 0.1) is 5.69 Å². The van der Waals surface area contributed by atoms with Gasteiger partial charge in [-0.15, -0.1) is 0 Å². The van der Waals surface area contributed by atoms with Crippen LogP contribution in [0, 0.1) is 5.82 Å². The highest BCUT2D eigenvalue weighted by atomic mass is 19.1. The zero-order valence-electron chi connectivity index (χ0n) is 21.0. The van der Waals surface area contributed by atoms with Crippen LogP contribution in [0.4, 0.5) is 10.1 Å². The quantitative estimate of drug-likeness (QED) is 0.558. The van der Waals surface area contributed by atoms with Gasteiger partial charge in [-0.25, -0.2) is 4.39 Å². The van der Waals surface area contributed by atoms with Gasteiger partial charge in [-0.2, -0.15) is 5.10 Å². The van der Waals surface area contributed by atoms with Gasteiger partial charge in [0.2, 0.25) is 0 Å². The van der Waals surface area contributed by atoms with Crippen LogP contribution in [0.25, 0.3) is 11.3 Å². The molecular formula is C27H32FN5O3. The predicted octanol–water partition coefficient (Wildman–Crippen LogP) is 3.18. The standard InChI is InChI=1S/C27H32FN5O3/c1-30-13-6-14-33(26(34)19-36-3)24-8-5-4-7-21(24)18-32(16-15-30)27(35)23-17-25(31(2)29-23)20-9-11-22(28)12-10-20/h4-5,7-12,17H,6,13-16,18-19H2,1-3H3. The molecule has 2 aromatic carbocycles. The van der Waals surface area contributed by atoms with E-state index in [4.69, 9.17) is 4.74 Å². The molecule has 8 nitrogen and oxygen atoms in total. The van der Waals surface area contributed by atoms with E-state index in [0.29, 0.717) is 31.9 Å². The molecule has 0 aliphatic carbocycles. The van der Waals surface area contributed by atoms with Crippen LogP contribution in [-0.4, -0.2) is 78.3 Å². The van der Waals surface area contributed by atoms with E-state index >= 15 is 0 Å². The summed E-state index contributed by atoms with van der Waals surface area (Å²) in [4.78, 5) is 32.3. The molecule has 2 heterocycles. The average molecular weight is 494 g/mol. The Morgan fingerprint density at radius 2 is 1.75 bits per heavy atom. The molecule has 1 aliphatic rings. The lowest BCUT2D eigenvalue weighted by Crippen LogP contribution is -2.37. The largest absolute Gasteiger partial charge is 0.375 e. The number of hydrogen-bond acceptors (Lipinski definition) is 5. The van der Waals surface area contributed by atoms with Crippen LogP contribution in [-0.2, 0) is 23.1 Å². The first-order valence-electron chi connectivity index (χ1n) is 12.0. The van der Waals surface area contributed by atoms with Crippen molar-refractivity contribution in [3.63, 3.8) is 0 Å². The zero-order valence-corrected chi connectivity index (χ0v) is 21.0. The van der Waals surface area contributed by atoms with Gasteiger partial charge in [-0.3, -0.25) is 14.3 Å². The number of nitrogens with zero attached hydrogens (tertiary/aromatic N) is 5. The number of fused-ring (bicyclic) bond motifs is 1. The Hall–Kier alpha value is -3.56. The number of anilines is 1. The highest BCUT2D eigenvalue weighted by Gasteiger charge is 2.25. The number of ether oxygens (including phenoxy) is 1. The molecule has 2 amide bonds. The molecule has 0 radical (unpaired) electrons. The van der Waals surface area contributed by atoms with Gasteiger partial charge in [0.15, 0.2) is 5.69 Å². The van der Waals surface area contributed by atoms with E-state index in [9.17, 15) is 14.0 Å². The van der Waals surface area contributed by atoms with Crippen LogP contribution in [0.15, 0.2) is 54.6 Å². The Balaban J connectivity index is 1.67. The summed E-state index contributed by atoms with van der Waals surface area (Å²) in [7, 11) is 5.30. The fourth-order valence-electron chi connectivity index (χ4n) is 4.47. The van der Waals surface area contributed by atoms with Crippen LogP contribution in [0.3, 0.4) is 0 Å². The van der Waals surface area contributed by atoms with Gasteiger partial charge >= 0.3 is 0 Å². The number of aromatic nitrogens is 2. The lowest BCUT2D eigenvalue weighted by Gasteiger charge is -2.27. The van der Waals surface area contributed by atoms with Crippen molar-refractivity contribution in [2.45, 2.75) is 13.0 Å². The highest BCUT2D eigenvalue weighted by molar-refractivity contribution is 5.96. The monoisotopic (exact) mass is 493 g/mol. The molecular weight excluding hydrogens is 461 g/mol. The van der Waals surface area contributed by atoms with Crippen molar-refractivity contribution in [3.05, 3.63) is 71.7 Å². The van der Waals surface area contributed by atoms with Crippen molar-refractivity contribution in [3.8, 4) is 11.3 Å². The maximum absolute atomic E-state index is 13.7. The Kier molecular flexibility index (Phi) is 8.12.